The highest BCUT2D eigenvalue weighted by Gasteiger charge is 2.33. The van der Waals surface area contributed by atoms with Crippen LogP contribution in [0.5, 0.6) is 0 Å². The van der Waals surface area contributed by atoms with Gasteiger partial charge in [0.2, 0.25) is 0 Å². The average molecular weight is 553 g/mol. The van der Waals surface area contributed by atoms with Gasteiger partial charge in [-0.05, 0) is 32.4 Å². The van der Waals surface area contributed by atoms with E-state index in [1.54, 1.807) is 62.7 Å². The molecule has 11 heteroatoms. The number of esters is 1. The molecule has 2 amide bonds. The number of aromatic nitrogens is 1. The van der Waals surface area contributed by atoms with Crippen molar-refractivity contribution in [1.29, 1.82) is 0 Å². The van der Waals surface area contributed by atoms with Gasteiger partial charge in [0, 0.05) is 30.2 Å². The molecule has 0 radical (unpaired) electrons. The largest absolute Gasteiger partial charge is 0.459 e. The molecule has 208 valence electrons. The van der Waals surface area contributed by atoms with Gasteiger partial charge in [-0.1, -0.05) is 62.2 Å². The van der Waals surface area contributed by atoms with E-state index >= 15 is 0 Å². The molecule has 1 unspecified atom stereocenters. The van der Waals surface area contributed by atoms with E-state index in [2.05, 4.69) is 46.1 Å². The number of nitrogens with zero attached hydrogens (tertiary/aromatic N) is 2. The molecule has 1 atom stereocenters. The molecule has 0 aliphatic heterocycles. The third-order valence-corrected chi connectivity index (χ3v) is 5.54. The number of thiazole rings is 1. The molecule has 1 heterocycles. The Labute approximate surface area is 233 Å². The molecular formula is C28H36N6O4S. The van der Waals surface area contributed by atoms with Crippen LogP contribution in [0.25, 0.3) is 0 Å². The van der Waals surface area contributed by atoms with Crippen LogP contribution in [-0.4, -0.2) is 53.0 Å². The highest BCUT2D eigenvalue weighted by molar-refractivity contribution is 7.13. The summed E-state index contributed by atoms with van der Waals surface area (Å²) < 4.78 is 5.28. The Hall–Kier alpha value is -4.22. The Morgan fingerprint density at radius 2 is 1.87 bits per heavy atom. The molecule has 2 rings (SSSR count). The van der Waals surface area contributed by atoms with Gasteiger partial charge in [0.05, 0.1) is 6.54 Å². The lowest BCUT2D eigenvalue weighted by molar-refractivity contribution is -0.153. The Morgan fingerprint density at radius 3 is 2.46 bits per heavy atom. The lowest BCUT2D eigenvalue weighted by Crippen LogP contribution is -2.51. The van der Waals surface area contributed by atoms with Crippen LogP contribution in [-0.2, 0) is 19.1 Å². The summed E-state index contributed by atoms with van der Waals surface area (Å²) in [5.74, 6) is -1.02. The summed E-state index contributed by atoms with van der Waals surface area (Å²) in [6.45, 7) is 17.4. The number of allylic oxidation sites excluding steroid dienone is 2. The van der Waals surface area contributed by atoms with Crippen molar-refractivity contribution < 1.29 is 19.1 Å². The molecule has 0 saturated heterocycles. The fourth-order valence-electron chi connectivity index (χ4n) is 3.22. The summed E-state index contributed by atoms with van der Waals surface area (Å²) in [4.78, 5) is 43.0. The molecule has 4 N–H and O–H groups in total. The topological polar surface area (TPSA) is 125 Å². The quantitative estimate of drug-likeness (QED) is 0.0871. The van der Waals surface area contributed by atoms with Gasteiger partial charge >= 0.3 is 5.97 Å². The van der Waals surface area contributed by atoms with Gasteiger partial charge in [0.15, 0.2) is 11.2 Å². The van der Waals surface area contributed by atoms with E-state index in [9.17, 15) is 14.4 Å². The predicted octanol–water partition coefficient (Wildman–Crippen LogP) is 3.45. The summed E-state index contributed by atoms with van der Waals surface area (Å²) in [5, 5.41) is 12.2. The normalized spacial score (nSPS) is 12.0. The van der Waals surface area contributed by atoms with Gasteiger partial charge < -0.3 is 15.4 Å². The standard InChI is InChI=1S/C28H36N6O4S/c1-7-12-22(30-16-15-29-19-23(35)38-28(4,5)6)33-34(26(37)20(3)8-2)24(21-13-10-9-11-14-21)25(36)32-27-31-17-18-39-27/h7-14,17-18,24,29-30,33H,1-3,15-16,19H2,4-6H3,(H,31,32,36)/b22-12-. The Balaban J connectivity index is 2.24. The molecule has 1 aromatic heterocycles. The number of amides is 2. The van der Waals surface area contributed by atoms with E-state index < -0.39 is 23.5 Å². The SMILES string of the molecule is C=C/C=C(/NCCNCC(=O)OC(C)(C)C)NN(C(=O)C(=C)C=C)C(C(=O)Nc1nccs1)c1ccccc1. The zero-order chi connectivity index (χ0) is 28.8. The number of carbonyl (C=O) groups is 3. The minimum absolute atomic E-state index is 0.0453. The van der Waals surface area contributed by atoms with E-state index in [4.69, 9.17) is 4.74 Å². The molecule has 0 fully saturated rings. The van der Waals surface area contributed by atoms with Crippen LogP contribution in [0.2, 0.25) is 0 Å². The molecular weight excluding hydrogens is 516 g/mol. The van der Waals surface area contributed by atoms with Crippen molar-refractivity contribution in [2.75, 3.05) is 25.0 Å². The van der Waals surface area contributed by atoms with E-state index in [1.165, 1.54) is 28.5 Å². The number of benzene rings is 1. The van der Waals surface area contributed by atoms with Crippen LogP contribution < -0.4 is 21.4 Å². The molecule has 0 saturated carbocycles. The van der Waals surface area contributed by atoms with Gasteiger partial charge in [-0.15, -0.1) is 11.3 Å². The number of ether oxygens (including phenoxy) is 1. The second kappa shape index (κ2) is 15.3. The molecule has 0 spiro atoms. The van der Waals surface area contributed by atoms with Crippen LogP contribution in [0.4, 0.5) is 5.13 Å². The maximum Gasteiger partial charge on any atom is 0.320 e. The van der Waals surface area contributed by atoms with Crippen molar-refractivity contribution in [2.24, 2.45) is 0 Å². The molecule has 0 aliphatic rings. The minimum atomic E-state index is -1.10. The van der Waals surface area contributed by atoms with Crippen LogP contribution in [0.15, 0.2) is 91.3 Å². The summed E-state index contributed by atoms with van der Waals surface area (Å²) in [6, 6.07) is 7.76. The van der Waals surface area contributed by atoms with Crippen molar-refractivity contribution in [3.63, 3.8) is 0 Å². The summed E-state index contributed by atoms with van der Waals surface area (Å²) in [7, 11) is 0. The molecule has 2 aromatic rings. The fourth-order valence-corrected chi connectivity index (χ4v) is 3.76. The van der Waals surface area contributed by atoms with Crippen molar-refractivity contribution in [2.45, 2.75) is 32.4 Å². The third kappa shape index (κ3) is 10.6. The van der Waals surface area contributed by atoms with Crippen LogP contribution >= 0.6 is 11.3 Å². The first-order valence-corrected chi connectivity index (χ1v) is 13.1. The number of hydrogen-bond acceptors (Lipinski definition) is 9. The minimum Gasteiger partial charge on any atom is -0.459 e. The van der Waals surface area contributed by atoms with Crippen molar-refractivity contribution in [1.82, 2.24) is 26.1 Å². The maximum absolute atomic E-state index is 13.5. The van der Waals surface area contributed by atoms with Crippen molar-refractivity contribution >= 4 is 34.3 Å². The molecule has 1 aromatic carbocycles. The number of hydrazine groups is 1. The second-order valence-electron chi connectivity index (χ2n) is 9.16. The number of hydrogen-bond donors (Lipinski definition) is 4. The second-order valence-corrected chi connectivity index (χ2v) is 10.1. The number of nitrogens with one attached hydrogen (secondary N) is 4. The summed E-state index contributed by atoms with van der Waals surface area (Å²) >= 11 is 1.26. The smallest absolute Gasteiger partial charge is 0.320 e. The third-order valence-electron chi connectivity index (χ3n) is 4.86. The average Bonchev–Trinajstić information content (AvgIpc) is 3.39. The van der Waals surface area contributed by atoms with E-state index in [0.717, 1.165) is 0 Å². The maximum atomic E-state index is 13.5. The number of anilines is 1. The number of carbonyl (C=O) groups excluding carboxylic acids is 3. The zero-order valence-electron chi connectivity index (χ0n) is 22.5. The van der Waals surface area contributed by atoms with Crippen LogP contribution in [0, 0.1) is 0 Å². The van der Waals surface area contributed by atoms with Gasteiger partial charge in [0.1, 0.15) is 11.4 Å². The monoisotopic (exact) mass is 552 g/mol. The highest BCUT2D eigenvalue weighted by atomic mass is 32.1. The van der Waals surface area contributed by atoms with E-state index in [0.29, 0.717) is 29.6 Å². The summed E-state index contributed by atoms with van der Waals surface area (Å²) in [6.07, 6.45) is 6.04. The Bertz CT molecular complexity index is 1170. The van der Waals surface area contributed by atoms with E-state index in [-0.39, 0.29) is 18.1 Å². The Kier molecular flexibility index (Phi) is 12.1. The molecule has 0 bridgehead atoms. The van der Waals surface area contributed by atoms with Gasteiger partial charge in [0.25, 0.3) is 11.8 Å². The fraction of sp³-hybridized carbons (Fsp3) is 0.286. The van der Waals surface area contributed by atoms with Gasteiger partial charge in [-0.25, -0.2) is 9.99 Å². The van der Waals surface area contributed by atoms with E-state index in [1.807, 2.05) is 6.07 Å². The van der Waals surface area contributed by atoms with Gasteiger partial charge in [-0.2, -0.15) is 0 Å². The van der Waals surface area contributed by atoms with Crippen LogP contribution in [0.3, 0.4) is 0 Å². The Morgan fingerprint density at radius 1 is 1.15 bits per heavy atom. The summed E-state index contributed by atoms with van der Waals surface area (Å²) in [5.41, 5.74) is 3.10. The molecule has 10 nitrogen and oxygen atoms in total. The lowest BCUT2D eigenvalue weighted by Gasteiger charge is -2.33. The first-order chi connectivity index (χ1) is 18.6. The number of rotatable bonds is 15. The first kappa shape index (κ1) is 31.0. The van der Waals surface area contributed by atoms with Gasteiger partial charge in [-0.3, -0.25) is 25.1 Å². The van der Waals surface area contributed by atoms with Crippen LogP contribution in [0.1, 0.15) is 32.4 Å². The van der Waals surface area contributed by atoms with Crippen molar-refractivity contribution in [3.05, 3.63) is 96.8 Å². The van der Waals surface area contributed by atoms with Crippen molar-refractivity contribution in [3.8, 4) is 0 Å². The molecule has 0 aliphatic carbocycles. The highest BCUT2D eigenvalue weighted by Crippen LogP contribution is 2.24. The zero-order valence-corrected chi connectivity index (χ0v) is 23.3. The predicted molar refractivity (Wildman–Crippen MR) is 154 cm³/mol. The first-order valence-electron chi connectivity index (χ1n) is 12.2. The lowest BCUT2D eigenvalue weighted by atomic mass is 10.0. The molecule has 39 heavy (non-hydrogen) atoms.